The third kappa shape index (κ3) is 5.94. The Morgan fingerprint density at radius 3 is 2.18 bits per heavy atom. The van der Waals surface area contributed by atoms with Gasteiger partial charge in [-0.15, -0.1) is 6.58 Å². The molecular weight excluding hydrogens is 340 g/mol. The van der Waals surface area contributed by atoms with E-state index in [2.05, 4.69) is 73.3 Å². The fourth-order valence-electron chi connectivity index (χ4n) is 4.22. The van der Waals surface area contributed by atoms with E-state index in [-0.39, 0.29) is 0 Å². The lowest BCUT2D eigenvalue weighted by molar-refractivity contribution is 0.125. The molecule has 1 saturated carbocycles. The minimum Gasteiger partial charge on any atom is -0.376 e. The van der Waals surface area contributed by atoms with E-state index in [0.717, 1.165) is 24.9 Å². The van der Waals surface area contributed by atoms with Crippen LogP contribution in [0.2, 0.25) is 0 Å². The van der Waals surface area contributed by atoms with Crippen LogP contribution >= 0.6 is 0 Å². The van der Waals surface area contributed by atoms with Gasteiger partial charge in [-0.05, 0) is 79.5 Å². The summed E-state index contributed by atoms with van der Waals surface area (Å²) < 4.78 is 5.72. The predicted octanol–water partition coefficient (Wildman–Crippen LogP) is 7.69. The van der Waals surface area contributed by atoms with E-state index >= 15 is 0 Å². The smallest absolute Gasteiger partial charge is 0.0717 e. The Morgan fingerprint density at radius 1 is 0.929 bits per heavy atom. The fraction of sp³-hybridized carbons (Fsp3) is 0.407. The topological polar surface area (TPSA) is 9.23 Å². The molecule has 0 aromatic heterocycles. The van der Waals surface area contributed by atoms with Gasteiger partial charge in [0.05, 0.1) is 13.2 Å². The van der Waals surface area contributed by atoms with Crippen LogP contribution in [-0.4, -0.2) is 6.61 Å². The van der Waals surface area contributed by atoms with Crippen molar-refractivity contribution in [2.45, 2.75) is 58.0 Å². The van der Waals surface area contributed by atoms with Crippen molar-refractivity contribution in [2.75, 3.05) is 6.61 Å². The molecule has 28 heavy (non-hydrogen) atoms. The van der Waals surface area contributed by atoms with Crippen LogP contribution in [0.15, 0.2) is 73.3 Å². The Labute approximate surface area is 171 Å². The Kier molecular flexibility index (Phi) is 8.11. The molecule has 1 aliphatic carbocycles. The molecule has 0 unspecified atom stereocenters. The van der Waals surface area contributed by atoms with Gasteiger partial charge in [-0.25, -0.2) is 0 Å². The molecule has 0 atom stereocenters. The molecule has 1 aliphatic rings. The highest BCUT2D eigenvalue weighted by Crippen LogP contribution is 2.37. The van der Waals surface area contributed by atoms with Crippen LogP contribution in [0.5, 0.6) is 0 Å². The number of ether oxygens (including phenoxy) is 1. The average molecular weight is 375 g/mol. The molecular formula is C27H34O. The lowest BCUT2D eigenvalue weighted by Crippen LogP contribution is -2.12. The maximum atomic E-state index is 5.72. The molecule has 3 rings (SSSR count). The molecule has 0 heterocycles. The first-order valence-corrected chi connectivity index (χ1v) is 10.8. The zero-order chi connectivity index (χ0) is 19.6. The molecule has 2 aromatic carbocycles. The second-order valence-electron chi connectivity index (χ2n) is 7.97. The van der Waals surface area contributed by atoms with E-state index in [1.807, 2.05) is 6.92 Å². The third-order valence-corrected chi connectivity index (χ3v) is 5.95. The minimum atomic E-state index is 0.686. The van der Waals surface area contributed by atoms with Gasteiger partial charge in [0.25, 0.3) is 0 Å². The monoisotopic (exact) mass is 374 g/mol. The lowest BCUT2D eigenvalue weighted by atomic mass is 9.77. The molecule has 148 valence electrons. The van der Waals surface area contributed by atoms with Crippen LogP contribution in [0.3, 0.4) is 0 Å². The average Bonchev–Trinajstić information content (AvgIpc) is 2.75. The summed E-state index contributed by atoms with van der Waals surface area (Å²) in [7, 11) is 0. The van der Waals surface area contributed by atoms with E-state index in [1.165, 1.54) is 54.4 Å². The highest BCUT2D eigenvalue weighted by atomic mass is 16.5. The first-order chi connectivity index (χ1) is 13.8. The second kappa shape index (κ2) is 11.0. The first kappa shape index (κ1) is 20.6. The quantitative estimate of drug-likeness (QED) is 0.323. The normalized spacial score (nSPS) is 19.8. The Bertz CT molecular complexity index is 731. The van der Waals surface area contributed by atoms with Crippen molar-refractivity contribution in [1.82, 2.24) is 0 Å². The molecule has 0 spiro atoms. The second-order valence-corrected chi connectivity index (χ2v) is 7.97. The van der Waals surface area contributed by atoms with Gasteiger partial charge in [0.15, 0.2) is 0 Å². The van der Waals surface area contributed by atoms with Gasteiger partial charge < -0.3 is 4.74 Å². The molecule has 1 heteroatoms. The SMILES string of the molecule is C=CC[C@H]1CC[C@H](c2ccc(-c3ccc(COCC/C=C/C)cc3)cc2)CC1. The van der Waals surface area contributed by atoms with Gasteiger partial charge in [-0.3, -0.25) is 0 Å². The molecule has 1 fully saturated rings. The van der Waals surface area contributed by atoms with Crippen molar-refractivity contribution < 1.29 is 4.74 Å². The molecule has 2 aromatic rings. The summed E-state index contributed by atoms with van der Waals surface area (Å²) in [6.07, 6.45) is 13.8. The maximum absolute atomic E-state index is 5.72. The maximum Gasteiger partial charge on any atom is 0.0717 e. The zero-order valence-electron chi connectivity index (χ0n) is 17.3. The van der Waals surface area contributed by atoms with Crippen LogP contribution in [0.1, 0.15) is 62.5 Å². The van der Waals surface area contributed by atoms with Crippen LogP contribution in [0.25, 0.3) is 11.1 Å². The highest BCUT2D eigenvalue weighted by molar-refractivity contribution is 5.64. The summed E-state index contributed by atoms with van der Waals surface area (Å²) in [4.78, 5) is 0. The minimum absolute atomic E-state index is 0.686. The number of hydrogen-bond acceptors (Lipinski definition) is 1. The van der Waals surface area contributed by atoms with Crippen molar-refractivity contribution in [3.05, 3.63) is 84.5 Å². The molecule has 0 N–H and O–H groups in total. The summed E-state index contributed by atoms with van der Waals surface area (Å²) in [5.74, 6) is 1.59. The van der Waals surface area contributed by atoms with Gasteiger partial charge in [-0.1, -0.05) is 66.8 Å². The van der Waals surface area contributed by atoms with E-state index < -0.39 is 0 Å². The number of allylic oxidation sites excluding steroid dienone is 2. The van der Waals surface area contributed by atoms with Crippen molar-refractivity contribution in [1.29, 1.82) is 0 Å². The predicted molar refractivity (Wildman–Crippen MR) is 120 cm³/mol. The van der Waals surface area contributed by atoms with Gasteiger partial charge in [0, 0.05) is 0 Å². The van der Waals surface area contributed by atoms with Crippen molar-refractivity contribution in [2.24, 2.45) is 5.92 Å². The number of hydrogen-bond donors (Lipinski definition) is 0. The van der Waals surface area contributed by atoms with Crippen LogP contribution < -0.4 is 0 Å². The number of rotatable bonds is 9. The molecule has 1 nitrogen and oxygen atoms in total. The van der Waals surface area contributed by atoms with E-state index in [0.29, 0.717) is 6.61 Å². The molecule has 0 radical (unpaired) electrons. The first-order valence-electron chi connectivity index (χ1n) is 10.8. The van der Waals surface area contributed by atoms with E-state index in [9.17, 15) is 0 Å². The Morgan fingerprint density at radius 2 is 1.57 bits per heavy atom. The largest absolute Gasteiger partial charge is 0.376 e. The van der Waals surface area contributed by atoms with Crippen molar-refractivity contribution in [3.63, 3.8) is 0 Å². The standard InChI is InChI=1S/C27H34O/c1-3-5-6-20-28-21-23-10-14-25(15-11-23)27-18-16-26(17-19-27)24-12-8-22(7-4-2)9-13-24/h3-5,10-11,14-19,22,24H,2,6-9,12-13,20-21H2,1H3/b5-3+/t22-,24-. The highest BCUT2D eigenvalue weighted by Gasteiger charge is 2.21. The summed E-state index contributed by atoms with van der Waals surface area (Å²) in [6.45, 7) is 7.40. The van der Waals surface area contributed by atoms with Gasteiger partial charge in [0.1, 0.15) is 0 Å². The van der Waals surface area contributed by atoms with Crippen LogP contribution in [0, 0.1) is 5.92 Å². The van der Waals surface area contributed by atoms with Crippen LogP contribution in [-0.2, 0) is 11.3 Å². The van der Waals surface area contributed by atoms with Gasteiger partial charge in [-0.2, -0.15) is 0 Å². The lowest BCUT2D eigenvalue weighted by Gasteiger charge is -2.28. The van der Waals surface area contributed by atoms with Crippen LogP contribution in [0.4, 0.5) is 0 Å². The molecule has 0 aliphatic heterocycles. The Hall–Kier alpha value is -2.12. The van der Waals surface area contributed by atoms with Gasteiger partial charge in [0.2, 0.25) is 0 Å². The van der Waals surface area contributed by atoms with E-state index in [1.54, 1.807) is 0 Å². The summed E-state index contributed by atoms with van der Waals surface area (Å²) in [5, 5.41) is 0. The summed E-state index contributed by atoms with van der Waals surface area (Å²) in [5.41, 5.74) is 5.31. The Balaban J connectivity index is 1.52. The van der Waals surface area contributed by atoms with Crippen molar-refractivity contribution in [3.8, 4) is 11.1 Å². The summed E-state index contributed by atoms with van der Waals surface area (Å²) in [6, 6.07) is 18.0. The summed E-state index contributed by atoms with van der Waals surface area (Å²) >= 11 is 0. The van der Waals surface area contributed by atoms with Crippen molar-refractivity contribution >= 4 is 0 Å². The molecule has 0 bridgehead atoms. The molecule has 0 saturated heterocycles. The third-order valence-electron chi connectivity index (χ3n) is 5.95. The zero-order valence-corrected chi connectivity index (χ0v) is 17.3. The number of benzene rings is 2. The van der Waals surface area contributed by atoms with E-state index in [4.69, 9.17) is 4.74 Å². The molecule has 0 amide bonds. The van der Waals surface area contributed by atoms with Gasteiger partial charge >= 0.3 is 0 Å². The fourth-order valence-corrected chi connectivity index (χ4v) is 4.22.